The fourth-order valence-corrected chi connectivity index (χ4v) is 5.95. The number of piperidine rings is 1. The van der Waals surface area contributed by atoms with Crippen LogP contribution in [0.15, 0.2) is 65.8 Å². The summed E-state index contributed by atoms with van der Waals surface area (Å²) in [6.45, 7) is 5.61. The first-order chi connectivity index (χ1) is 16.7. The number of hydrogen-bond donors (Lipinski definition) is 1. The van der Waals surface area contributed by atoms with Crippen molar-refractivity contribution in [2.45, 2.75) is 19.4 Å². The van der Waals surface area contributed by atoms with Gasteiger partial charge in [-0.25, -0.2) is 4.52 Å². The number of rotatable bonds is 5. The number of nitrogens with zero attached hydrogens (tertiary/aromatic N) is 4. The van der Waals surface area contributed by atoms with Gasteiger partial charge >= 0.3 is 0 Å². The molecule has 1 saturated carbocycles. The highest BCUT2D eigenvalue weighted by molar-refractivity contribution is 6.30. The lowest BCUT2D eigenvalue weighted by Crippen LogP contribution is -2.32. The van der Waals surface area contributed by atoms with E-state index in [0.717, 1.165) is 29.9 Å². The Morgan fingerprint density at radius 3 is 2.43 bits per heavy atom. The van der Waals surface area contributed by atoms with Gasteiger partial charge in [0, 0.05) is 35.9 Å². The zero-order valence-electron chi connectivity index (χ0n) is 19.9. The molecule has 0 radical (unpaired) electrons. The second-order valence-electron chi connectivity index (χ2n) is 10.1. The molecule has 1 aliphatic heterocycles. The minimum atomic E-state index is -0.631. The molecule has 1 aliphatic carbocycles. The molecule has 7 nitrogen and oxygen atoms in total. The van der Waals surface area contributed by atoms with Gasteiger partial charge < -0.3 is 14.7 Å². The van der Waals surface area contributed by atoms with Crippen LogP contribution in [0.3, 0.4) is 0 Å². The van der Waals surface area contributed by atoms with Gasteiger partial charge in [0.15, 0.2) is 0 Å². The molecule has 1 N–H and O–H groups in total. The van der Waals surface area contributed by atoms with E-state index in [0.29, 0.717) is 39.7 Å². The molecule has 3 heterocycles. The Bertz CT molecular complexity index is 1470. The van der Waals surface area contributed by atoms with E-state index >= 15 is 0 Å². The second kappa shape index (κ2) is 7.86. The molecule has 35 heavy (non-hydrogen) atoms. The number of fused-ring (bicyclic) bond motifs is 2. The maximum absolute atomic E-state index is 13.4. The lowest BCUT2D eigenvalue weighted by atomic mass is 9.99. The minimum absolute atomic E-state index is 0.162. The van der Waals surface area contributed by atoms with Crippen molar-refractivity contribution < 1.29 is 9.84 Å². The first kappa shape index (κ1) is 22.2. The molecule has 4 aromatic rings. The molecule has 6 rings (SSSR count). The molecule has 0 spiro atoms. The van der Waals surface area contributed by atoms with Gasteiger partial charge in [0.2, 0.25) is 0 Å². The monoisotopic (exact) mass is 490 g/mol. The van der Waals surface area contributed by atoms with Crippen LogP contribution in [0.2, 0.25) is 5.02 Å². The average Bonchev–Trinajstić information content (AvgIpc) is 3.16. The first-order valence-corrected chi connectivity index (χ1v) is 12.1. The number of benzene rings is 2. The highest BCUT2D eigenvalue weighted by Crippen LogP contribution is 2.58. The summed E-state index contributed by atoms with van der Waals surface area (Å²) in [4.78, 5) is 15.7. The van der Waals surface area contributed by atoms with Crippen molar-refractivity contribution in [3.05, 3.63) is 76.4 Å². The van der Waals surface area contributed by atoms with Crippen molar-refractivity contribution >= 4 is 22.8 Å². The zero-order valence-corrected chi connectivity index (χ0v) is 20.6. The Kier molecular flexibility index (Phi) is 4.99. The lowest BCUT2D eigenvalue weighted by molar-refractivity contribution is 0.0453. The van der Waals surface area contributed by atoms with E-state index in [9.17, 15) is 9.90 Å². The third kappa shape index (κ3) is 3.70. The second-order valence-corrected chi connectivity index (χ2v) is 10.6. The number of aliphatic hydroxyl groups is 1. The SMILES string of the molecule is COc1cc(-n2cnn3cc(-c4ccc(Cl)cc4)cc3c2=O)ccc1N1CC2C(C(C)(C)O)[C@H]2C1. The first-order valence-electron chi connectivity index (χ1n) is 11.8. The highest BCUT2D eigenvalue weighted by Gasteiger charge is 2.61. The molecule has 2 unspecified atom stereocenters. The van der Waals surface area contributed by atoms with Gasteiger partial charge in [0.25, 0.3) is 5.56 Å². The van der Waals surface area contributed by atoms with Crippen LogP contribution in [0, 0.1) is 17.8 Å². The molecule has 2 aliphatic rings. The molecule has 8 heteroatoms. The van der Waals surface area contributed by atoms with Crippen LogP contribution < -0.4 is 15.2 Å². The summed E-state index contributed by atoms with van der Waals surface area (Å²) in [5, 5.41) is 15.5. The molecule has 0 amide bonds. The van der Waals surface area contributed by atoms with Crippen molar-refractivity contribution in [3.63, 3.8) is 0 Å². The number of halogens is 1. The number of ether oxygens (including phenoxy) is 1. The lowest BCUT2D eigenvalue weighted by Gasteiger charge is -2.27. The third-order valence-corrected chi connectivity index (χ3v) is 7.75. The standard InChI is InChI=1S/C27H27ClN4O3/c1-27(2,34)25-20-13-30(14-21(20)25)22-9-8-19(11-24(22)35-3)31-15-29-32-12-17(10-23(32)26(31)33)16-4-6-18(28)7-5-16/h4-12,15,20-21,25,34H,13-14H2,1-3H3/t20-,21?,25?/m0/s1. The molecule has 180 valence electrons. The van der Waals surface area contributed by atoms with Crippen LogP contribution in [-0.4, -0.2) is 45.1 Å². The minimum Gasteiger partial charge on any atom is -0.495 e. The van der Waals surface area contributed by atoms with E-state index in [2.05, 4.69) is 10.00 Å². The van der Waals surface area contributed by atoms with Gasteiger partial charge in [-0.1, -0.05) is 23.7 Å². The molecular formula is C27H27ClN4O3. The molecule has 2 aromatic heterocycles. The Hall–Kier alpha value is -3.29. The van der Waals surface area contributed by atoms with Crippen LogP contribution in [0.4, 0.5) is 5.69 Å². The topological polar surface area (TPSA) is 72.0 Å². The van der Waals surface area contributed by atoms with Gasteiger partial charge in [0.1, 0.15) is 17.6 Å². The van der Waals surface area contributed by atoms with E-state index < -0.39 is 5.60 Å². The summed E-state index contributed by atoms with van der Waals surface area (Å²) < 4.78 is 8.86. The summed E-state index contributed by atoms with van der Waals surface area (Å²) in [6, 6.07) is 15.2. The maximum atomic E-state index is 13.4. The normalized spacial score (nSPS) is 21.4. The van der Waals surface area contributed by atoms with Gasteiger partial charge in [-0.3, -0.25) is 9.36 Å². The Morgan fingerprint density at radius 2 is 1.77 bits per heavy atom. The zero-order chi connectivity index (χ0) is 24.5. The maximum Gasteiger partial charge on any atom is 0.282 e. The third-order valence-electron chi connectivity index (χ3n) is 7.50. The van der Waals surface area contributed by atoms with Crippen molar-refractivity contribution in [2.24, 2.45) is 17.8 Å². The Labute approximate surface area is 208 Å². The summed E-state index contributed by atoms with van der Waals surface area (Å²) >= 11 is 6.01. The van der Waals surface area contributed by atoms with E-state index in [-0.39, 0.29) is 5.56 Å². The average molecular weight is 491 g/mol. The van der Waals surface area contributed by atoms with E-state index in [4.69, 9.17) is 16.3 Å². The molecule has 1 saturated heterocycles. The van der Waals surface area contributed by atoms with Crippen LogP contribution >= 0.6 is 11.6 Å². The fourth-order valence-electron chi connectivity index (χ4n) is 5.82. The van der Waals surface area contributed by atoms with E-state index in [1.165, 1.54) is 6.33 Å². The highest BCUT2D eigenvalue weighted by atomic mass is 35.5. The van der Waals surface area contributed by atoms with E-state index in [1.807, 2.05) is 68.6 Å². The molecular weight excluding hydrogens is 464 g/mol. The summed E-state index contributed by atoms with van der Waals surface area (Å²) in [5.74, 6) is 2.10. The van der Waals surface area contributed by atoms with Crippen molar-refractivity contribution in [1.82, 2.24) is 14.2 Å². The number of hydrogen-bond acceptors (Lipinski definition) is 5. The number of methoxy groups -OCH3 is 1. The fraction of sp³-hybridized carbons (Fsp3) is 0.333. The van der Waals surface area contributed by atoms with Gasteiger partial charge in [-0.2, -0.15) is 5.10 Å². The van der Waals surface area contributed by atoms with Crippen molar-refractivity contribution in [1.29, 1.82) is 0 Å². The van der Waals surface area contributed by atoms with Crippen molar-refractivity contribution in [2.75, 3.05) is 25.1 Å². The van der Waals surface area contributed by atoms with Gasteiger partial charge in [0.05, 0.1) is 24.1 Å². The van der Waals surface area contributed by atoms with Crippen LogP contribution in [0.5, 0.6) is 5.75 Å². The predicted octanol–water partition coefficient (Wildman–Crippen LogP) is 4.27. The molecule has 2 fully saturated rings. The summed E-state index contributed by atoms with van der Waals surface area (Å²) in [7, 11) is 1.65. The summed E-state index contributed by atoms with van der Waals surface area (Å²) in [5.41, 5.74) is 3.25. The van der Waals surface area contributed by atoms with Crippen LogP contribution in [0.25, 0.3) is 22.3 Å². The van der Waals surface area contributed by atoms with E-state index in [1.54, 1.807) is 16.2 Å². The molecule has 0 bridgehead atoms. The predicted molar refractivity (Wildman–Crippen MR) is 137 cm³/mol. The number of anilines is 1. The Morgan fingerprint density at radius 1 is 1.06 bits per heavy atom. The molecule has 2 aromatic carbocycles. The Balaban J connectivity index is 1.31. The van der Waals surface area contributed by atoms with Crippen LogP contribution in [-0.2, 0) is 0 Å². The number of aromatic nitrogens is 3. The van der Waals surface area contributed by atoms with Crippen molar-refractivity contribution in [3.8, 4) is 22.6 Å². The quantitative estimate of drug-likeness (QED) is 0.452. The largest absolute Gasteiger partial charge is 0.495 e. The smallest absolute Gasteiger partial charge is 0.282 e. The summed E-state index contributed by atoms with van der Waals surface area (Å²) in [6.07, 6.45) is 3.38. The van der Waals surface area contributed by atoms with Gasteiger partial charge in [-0.15, -0.1) is 0 Å². The molecule has 3 atom stereocenters. The van der Waals surface area contributed by atoms with Gasteiger partial charge in [-0.05, 0) is 67.5 Å². The van der Waals surface area contributed by atoms with Crippen LogP contribution in [0.1, 0.15) is 13.8 Å².